The van der Waals surface area contributed by atoms with Crippen LogP contribution in [0.5, 0.6) is 0 Å². The highest BCUT2D eigenvalue weighted by atomic mass is 35.5. The Morgan fingerprint density at radius 1 is 1.33 bits per heavy atom. The molecule has 0 fully saturated rings. The SMILES string of the molecule is CCCNC(=O)Cn1cnc(-c2ccc(Cl)cc2)cc1=O. The summed E-state index contributed by atoms with van der Waals surface area (Å²) in [5, 5.41) is 3.34. The lowest BCUT2D eigenvalue weighted by Crippen LogP contribution is -2.32. The molecule has 0 aliphatic carbocycles. The van der Waals surface area contributed by atoms with Crippen molar-refractivity contribution in [1.82, 2.24) is 14.9 Å². The Labute approximate surface area is 127 Å². The molecule has 21 heavy (non-hydrogen) atoms. The van der Waals surface area contributed by atoms with Crippen LogP contribution in [0.15, 0.2) is 41.5 Å². The maximum absolute atomic E-state index is 12.0. The minimum atomic E-state index is -0.262. The van der Waals surface area contributed by atoms with Crippen molar-refractivity contribution in [2.45, 2.75) is 19.9 Å². The quantitative estimate of drug-likeness (QED) is 0.920. The number of rotatable bonds is 5. The molecule has 0 radical (unpaired) electrons. The Bertz CT molecular complexity index is 680. The van der Waals surface area contributed by atoms with Crippen LogP contribution in [-0.4, -0.2) is 22.0 Å². The van der Waals surface area contributed by atoms with Crippen molar-refractivity contribution in [1.29, 1.82) is 0 Å². The molecule has 0 saturated heterocycles. The molecule has 1 aromatic heterocycles. The lowest BCUT2D eigenvalue weighted by molar-refractivity contribution is -0.121. The fourth-order valence-electron chi connectivity index (χ4n) is 1.80. The Balaban J connectivity index is 2.16. The van der Waals surface area contributed by atoms with E-state index in [1.165, 1.54) is 17.0 Å². The predicted octanol–water partition coefficient (Wildman–Crippen LogP) is 2.09. The number of amides is 1. The molecule has 0 saturated carbocycles. The first-order chi connectivity index (χ1) is 10.1. The van der Waals surface area contributed by atoms with E-state index < -0.39 is 0 Å². The number of hydrogen-bond acceptors (Lipinski definition) is 3. The average molecular weight is 306 g/mol. The molecular weight excluding hydrogens is 290 g/mol. The van der Waals surface area contributed by atoms with Crippen LogP contribution in [0, 0.1) is 0 Å². The second kappa shape index (κ2) is 7.04. The van der Waals surface area contributed by atoms with Gasteiger partial charge in [0.25, 0.3) is 5.56 Å². The highest BCUT2D eigenvalue weighted by molar-refractivity contribution is 6.30. The third-order valence-electron chi connectivity index (χ3n) is 2.91. The summed E-state index contributed by atoms with van der Waals surface area (Å²) in [5.74, 6) is -0.194. The van der Waals surface area contributed by atoms with Gasteiger partial charge in [0.2, 0.25) is 5.91 Å². The van der Waals surface area contributed by atoms with Crippen LogP contribution < -0.4 is 10.9 Å². The third kappa shape index (κ3) is 4.16. The van der Waals surface area contributed by atoms with Gasteiger partial charge in [-0.1, -0.05) is 30.7 Å². The number of aromatic nitrogens is 2. The fourth-order valence-corrected chi connectivity index (χ4v) is 1.92. The van der Waals surface area contributed by atoms with E-state index in [1.807, 2.05) is 6.92 Å². The summed E-state index contributed by atoms with van der Waals surface area (Å²) >= 11 is 5.82. The minimum absolute atomic E-state index is 0.0211. The van der Waals surface area contributed by atoms with E-state index in [0.717, 1.165) is 12.0 Å². The van der Waals surface area contributed by atoms with Gasteiger partial charge >= 0.3 is 0 Å². The first-order valence-electron chi connectivity index (χ1n) is 6.69. The molecule has 1 heterocycles. The number of halogens is 1. The third-order valence-corrected chi connectivity index (χ3v) is 3.16. The summed E-state index contributed by atoms with van der Waals surface area (Å²) in [5.41, 5.74) is 1.10. The average Bonchev–Trinajstić information content (AvgIpc) is 2.48. The molecule has 6 heteroatoms. The molecule has 110 valence electrons. The molecule has 0 aliphatic heterocycles. The number of hydrogen-bond donors (Lipinski definition) is 1. The zero-order chi connectivity index (χ0) is 15.2. The lowest BCUT2D eigenvalue weighted by atomic mass is 10.1. The van der Waals surface area contributed by atoms with Gasteiger partial charge in [0.15, 0.2) is 0 Å². The molecule has 0 bridgehead atoms. The van der Waals surface area contributed by atoms with Gasteiger partial charge < -0.3 is 5.32 Å². The van der Waals surface area contributed by atoms with E-state index >= 15 is 0 Å². The van der Waals surface area contributed by atoms with Gasteiger partial charge in [0.05, 0.1) is 12.0 Å². The van der Waals surface area contributed by atoms with Crippen molar-refractivity contribution in [3.63, 3.8) is 0 Å². The van der Waals surface area contributed by atoms with Crippen molar-refractivity contribution in [3.8, 4) is 11.3 Å². The van der Waals surface area contributed by atoms with E-state index in [0.29, 0.717) is 17.3 Å². The number of benzene rings is 1. The molecule has 1 aromatic carbocycles. The van der Waals surface area contributed by atoms with Gasteiger partial charge in [0.1, 0.15) is 6.54 Å². The zero-order valence-electron chi connectivity index (χ0n) is 11.7. The Morgan fingerprint density at radius 2 is 2.05 bits per heavy atom. The summed E-state index contributed by atoms with van der Waals surface area (Å²) < 4.78 is 1.28. The van der Waals surface area contributed by atoms with Crippen molar-refractivity contribution in [3.05, 3.63) is 52.0 Å². The van der Waals surface area contributed by atoms with Crippen LogP contribution in [0.3, 0.4) is 0 Å². The topological polar surface area (TPSA) is 64.0 Å². The molecule has 1 amide bonds. The van der Waals surface area contributed by atoms with Crippen LogP contribution in [0.25, 0.3) is 11.3 Å². The number of nitrogens with zero attached hydrogens (tertiary/aromatic N) is 2. The zero-order valence-corrected chi connectivity index (χ0v) is 12.4. The Morgan fingerprint density at radius 3 is 2.67 bits per heavy atom. The van der Waals surface area contributed by atoms with E-state index in [-0.39, 0.29) is 18.0 Å². The molecule has 1 N–H and O–H groups in total. The first-order valence-corrected chi connectivity index (χ1v) is 7.07. The number of carbonyl (C=O) groups is 1. The van der Waals surface area contributed by atoms with Gasteiger partial charge in [-0.05, 0) is 18.6 Å². The molecule has 5 nitrogen and oxygen atoms in total. The van der Waals surface area contributed by atoms with E-state index in [4.69, 9.17) is 11.6 Å². The second-order valence-electron chi connectivity index (χ2n) is 4.60. The summed E-state index contributed by atoms with van der Waals surface area (Å²) in [6.45, 7) is 2.55. The van der Waals surface area contributed by atoms with Gasteiger partial charge in [0, 0.05) is 23.2 Å². The molecule has 2 rings (SSSR count). The summed E-state index contributed by atoms with van der Waals surface area (Å²) in [4.78, 5) is 27.8. The van der Waals surface area contributed by atoms with Crippen molar-refractivity contribution >= 4 is 17.5 Å². The van der Waals surface area contributed by atoms with Gasteiger partial charge in [-0.2, -0.15) is 0 Å². The Kier molecular flexibility index (Phi) is 5.11. The van der Waals surface area contributed by atoms with Crippen molar-refractivity contribution in [2.24, 2.45) is 0 Å². The minimum Gasteiger partial charge on any atom is -0.355 e. The predicted molar refractivity (Wildman–Crippen MR) is 82.2 cm³/mol. The molecule has 0 aliphatic rings. The number of nitrogens with one attached hydrogen (secondary N) is 1. The fraction of sp³-hybridized carbons (Fsp3) is 0.267. The van der Waals surface area contributed by atoms with Crippen molar-refractivity contribution < 1.29 is 4.79 Å². The molecule has 0 spiro atoms. The normalized spacial score (nSPS) is 10.4. The van der Waals surface area contributed by atoms with Crippen LogP contribution in [0.4, 0.5) is 0 Å². The monoisotopic (exact) mass is 305 g/mol. The maximum Gasteiger partial charge on any atom is 0.254 e. The van der Waals surface area contributed by atoms with Crippen LogP contribution >= 0.6 is 11.6 Å². The highest BCUT2D eigenvalue weighted by Crippen LogP contribution is 2.17. The standard InChI is InChI=1S/C15H16ClN3O2/c1-2-7-17-14(20)9-19-10-18-13(8-15(19)21)11-3-5-12(16)6-4-11/h3-6,8,10H,2,7,9H2,1H3,(H,17,20). The van der Waals surface area contributed by atoms with E-state index in [2.05, 4.69) is 10.3 Å². The first kappa shape index (κ1) is 15.3. The second-order valence-corrected chi connectivity index (χ2v) is 5.03. The highest BCUT2D eigenvalue weighted by Gasteiger charge is 2.06. The van der Waals surface area contributed by atoms with Gasteiger partial charge in [-0.15, -0.1) is 0 Å². The maximum atomic E-state index is 12.0. The van der Waals surface area contributed by atoms with Crippen LogP contribution in [0.1, 0.15) is 13.3 Å². The van der Waals surface area contributed by atoms with Gasteiger partial charge in [-0.3, -0.25) is 14.2 Å². The van der Waals surface area contributed by atoms with Crippen LogP contribution in [-0.2, 0) is 11.3 Å². The molecule has 0 unspecified atom stereocenters. The molecular formula is C15H16ClN3O2. The van der Waals surface area contributed by atoms with Gasteiger partial charge in [-0.25, -0.2) is 4.98 Å². The summed E-state index contributed by atoms with van der Waals surface area (Å²) in [6, 6.07) is 8.48. The smallest absolute Gasteiger partial charge is 0.254 e. The Hall–Kier alpha value is -2.14. The number of carbonyl (C=O) groups excluding carboxylic acids is 1. The van der Waals surface area contributed by atoms with E-state index in [1.54, 1.807) is 24.3 Å². The van der Waals surface area contributed by atoms with E-state index in [9.17, 15) is 9.59 Å². The largest absolute Gasteiger partial charge is 0.355 e. The molecule has 0 atom stereocenters. The summed E-state index contributed by atoms with van der Waals surface area (Å²) in [6.07, 6.45) is 2.24. The van der Waals surface area contributed by atoms with Crippen molar-refractivity contribution in [2.75, 3.05) is 6.54 Å². The van der Waals surface area contributed by atoms with Crippen LogP contribution in [0.2, 0.25) is 5.02 Å². The lowest BCUT2D eigenvalue weighted by Gasteiger charge is -2.07. The summed E-state index contributed by atoms with van der Waals surface area (Å²) in [7, 11) is 0. The molecule has 2 aromatic rings.